The third-order valence-electron chi connectivity index (χ3n) is 14.9. The number of carbonyl (C=O) groups excluding carboxylic acids is 5. The molecule has 8 rings (SSSR count). The smallest absolute Gasteiger partial charge is 0.465 e. The zero-order chi connectivity index (χ0) is 56.6. The van der Waals surface area contributed by atoms with Gasteiger partial charge in [-0.3, -0.25) is 24.0 Å². The van der Waals surface area contributed by atoms with Crippen molar-refractivity contribution >= 4 is 117 Å². The van der Waals surface area contributed by atoms with E-state index in [1.807, 2.05) is 55.4 Å². The van der Waals surface area contributed by atoms with E-state index in [1.165, 1.54) is 0 Å². The average Bonchev–Trinajstić information content (AvgIpc) is 3.54. The van der Waals surface area contributed by atoms with Crippen molar-refractivity contribution in [3.05, 3.63) is 0 Å². The van der Waals surface area contributed by atoms with Crippen LogP contribution in [-0.2, 0) is 96.4 Å². The van der Waals surface area contributed by atoms with Crippen molar-refractivity contribution in [2.45, 2.75) is 202 Å². The van der Waals surface area contributed by atoms with E-state index >= 15 is 4.79 Å². The summed E-state index contributed by atoms with van der Waals surface area (Å²) in [6.45, 7) is 33.5. The molecule has 0 N–H and O–H groups in total. The largest absolute Gasteiger partial charge is 0.518 e. The fourth-order valence-corrected chi connectivity index (χ4v) is 70.4. The van der Waals surface area contributed by atoms with Gasteiger partial charge in [-0.2, -0.15) is 0 Å². The maximum Gasteiger partial charge on any atom is 0.518 e. The molecular weight excluding hydrogens is 1160 g/mol. The summed E-state index contributed by atoms with van der Waals surface area (Å²) in [6.07, 6.45) is -0.874. The molecule has 8 heterocycles. The molecule has 434 valence electrons. The van der Waals surface area contributed by atoms with Crippen molar-refractivity contribution in [3.8, 4) is 0 Å². The Labute approximate surface area is 460 Å². The molecule has 4 atom stereocenters. The molecule has 8 fully saturated rings. The van der Waals surface area contributed by atoms with Crippen molar-refractivity contribution in [2.24, 2.45) is 34.5 Å². The van der Waals surface area contributed by atoms with Gasteiger partial charge in [0.15, 0.2) is 22.9 Å². The Hall–Kier alpha value is -0.801. The van der Waals surface area contributed by atoms with E-state index in [-0.39, 0.29) is 79.9 Å². The van der Waals surface area contributed by atoms with Crippen LogP contribution in [0.3, 0.4) is 0 Å². The quantitative estimate of drug-likeness (QED) is 0.0484. The molecule has 8 aliphatic rings. The highest BCUT2D eigenvalue weighted by atomic mass is 28.6. The second-order valence-corrected chi connectivity index (χ2v) is 59.4. The van der Waals surface area contributed by atoms with Crippen molar-refractivity contribution in [3.63, 3.8) is 0 Å². The van der Waals surface area contributed by atoms with Crippen LogP contribution in [0.2, 0.25) is 80.6 Å². The van der Waals surface area contributed by atoms with E-state index in [0.717, 1.165) is 0 Å². The van der Waals surface area contributed by atoms with Gasteiger partial charge in [0.2, 0.25) is 0 Å². The zero-order valence-corrected chi connectivity index (χ0v) is 58.2. The summed E-state index contributed by atoms with van der Waals surface area (Å²) in [5, 5.41) is 0. The van der Waals surface area contributed by atoms with Gasteiger partial charge in [0.05, 0.1) is 35.2 Å². The van der Waals surface area contributed by atoms with E-state index in [1.54, 1.807) is 41.5 Å². The average molecular weight is 1250 g/mol. The third kappa shape index (κ3) is 13.0. The highest BCUT2D eigenvalue weighted by Crippen LogP contribution is 2.53. The molecule has 8 aliphatic heterocycles. The fourth-order valence-electron chi connectivity index (χ4n) is 11.6. The molecule has 8 bridgehead atoms. The normalized spacial score (nSPS) is 39.2. The molecule has 4 unspecified atom stereocenters. The lowest BCUT2D eigenvalue weighted by Crippen LogP contribution is -2.88. The Morgan fingerprint density at radius 3 is 1.24 bits per heavy atom. The van der Waals surface area contributed by atoms with E-state index in [2.05, 4.69) is 26.2 Å². The lowest BCUT2D eigenvalue weighted by molar-refractivity contribution is -0.173. The van der Waals surface area contributed by atoms with Gasteiger partial charge >= 0.3 is 100 Å². The van der Waals surface area contributed by atoms with Crippen LogP contribution in [0.1, 0.15) is 116 Å². The first-order valence-corrected chi connectivity index (χ1v) is 49.1. The fraction of sp³-hybridized carbons (Fsp3) is 0.886. The molecule has 0 aromatic carbocycles. The molecule has 0 aromatic rings. The lowest BCUT2D eigenvalue weighted by atomic mass is 9.67. The minimum absolute atomic E-state index is 0.0238. The predicted molar refractivity (Wildman–Crippen MR) is 292 cm³/mol. The topological polar surface area (TPSA) is 242 Å². The molecule has 0 aromatic heterocycles. The van der Waals surface area contributed by atoms with E-state index in [9.17, 15) is 19.2 Å². The Bertz CT molecular complexity index is 2100. The first-order valence-electron chi connectivity index (χ1n) is 27.4. The van der Waals surface area contributed by atoms with Gasteiger partial charge in [0, 0.05) is 42.3 Å². The minimum atomic E-state index is -4.58. The standard InChI is InChI=1S/C44H86O22Si10/c1-19-69-55-70(20-2)58-73(23-5)60-71(21-3,56-69)62-75(25-7)63-72(22-4,57-69)61-74(24-6,59-70)65-76(64-73,66-75)32-51-40(48)43(12,13)31-44(14,41(49)53-42(9,10)11)27-36-35(38(46)52-39(36)47)26-33(8)28-50-37(45)34-29-67(15,16)54-68(17,18)30-34/h33-36H,19-32H2,1-18H3. The van der Waals surface area contributed by atoms with Crippen LogP contribution in [0.25, 0.3) is 0 Å². The summed E-state index contributed by atoms with van der Waals surface area (Å²) in [7, 11) is -36.7. The van der Waals surface area contributed by atoms with Crippen LogP contribution in [0.15, 0.2) is 0 Å². The molecule has 0 radical (unpaired) electrons. The number of cyclic esters (lactones) is 2. The molecular formula is C44H86O22Si10. The van der Waals surface area contributed by atoms with Gasteiger partial charge in [-0.05, 0) is 105 Å². The highest BCUT2D eigenvalue weighted by molar-refractivity contribution is 7.03. The summed E-state index contributed by atoms with van der Waals surface area (Å²) < 4.78 is 117. The third-order valence-corrected chi connectivity index (χ3v) is 58.7. The first-order chi connectivity index (χ1) is 35.0. The van der Waals surface area contributed by atoms with Crippen molar-refractivity contribution in [2.75, 3.05) is 12.8 Å². The van der Waals surface area contributed by atoms with E-state index in [4.69, 9.17) is 72.4 Å². The molecule has 22 nitrogen and oxygen atoms in total. The van der Waals surface area contributed by atoms with Gasteiger partial charge < -0.3 is 72.4 Å². The Kier molecular flexibility index (Phi) is 18.0. The summed E-state index contributed by atoms with van der Waals surface area (Å²) in [5.74, 6) is -5.95. The monoisotopic (exact) mass is 1250 g/mol. The van der Waals surface area contributed by atoms with Crippen LogP contribution in [0.5, 0.6) is 0 Å². The minimum Gasteiger partial charge on any atom is -0.465 e. The van der Waals surface area contributed by atoms with Gasteiger partial charge in [-0.15, -0.1) is 0 Å². The lowest BCUT2D eigenvalue weighted by Gasteiger charge is -2.62. The maximum absolute atomic E-state index is 15.0. The second kappa shape index (κ2) is 21.8. The molecule has 0 amide bonds. The zero-order valence-electron chi connectivity index (χ0n) is 48.2. The predicted octanol–water partition coefficient (Wildman–Crippen LogP) is 8.08. The van der Waals surface area contributed by atoms with Crippen LogP contribution >= 0.6 is 0 Å². The summed E-state index contributed by atoms with van der Waals surface area (Å²) in [6, 6.07) is 2.98. The molecule has 0 aliphatic carbocycles. The molecule has 0 saturated carbocycles. The number of carbonyl (C=O) groups is 5. The van der Waals surface area contributed by atoms with Gasteiger partial charge in [0.25, 0.3) is 0 Å². The van der Waals surface area contributed by atoms with Gasteiger partial charge in [-0.25, -0.2) is 0 Å². The van der Waals surface area contributed by atoms with Crippen molar-refractivity contribution in [1.82, 2.24) is 0 Å². The number of rotatable bonds is 20. The number of hydrogen-bond acceptors (Lipinski definition) is 22. The van der Waals surface area contributed by atoms with E-state index < -0.39 is 145 Å². The van der Waals surface area contributed by atoms with E-state index in [0.29, 0.717) is 18.1 Å². The maximum atomic E-state index is 15.0. The number of hydrogen-bond donors (Lipinski definition) is 0. The van der Waals surface area contributed by atoms with Gasteiger partial charge in [0.1, 0.15) is 5.60 Å². The molecule has 76 heavy (non-hydrogen) atoms. The summed E-state index contributed by atoms with van der Waals surface area (Å²) in [4.78, 5) is 70.3. The molecule has 32 heteroatoms. The Morgan fingerprint density at radius 2 is 0.882 bits per heavy atom. The van der Waals surface area contributed by atoms with Crippen molar-refractivity contribution < 1.29 is 96.4 Å². The highest BCUT2D eigenvalue weighted by Gasteiger charge is 2.82. The van der Waals surface area contributed by atoms with Crippen LogP contribution < -0.4 is 0 Å². The number of esters is 5. The number of ether oxygens (including phenoxy) is 4. The van der Waals surface area contributed by atoms with Crippen LogP contribution in [0.4, 0.5) is 0 Å². The second-order valence-electron chi connectivity index (χ2n) is 24.7. The Morgan fingerprint density at radius 1 is 0.526 bits per heavy atom. The SMILES string of the molecule is CC[Si]12O[Si]3(CC)O[Si]4(CC)O[Si](CC)(O1)O[Si]1(CC)O[Si](CC)(O2)O[Si](CC)(O3)O[Si](COC(=O)C(C)(C)CC(C)(CC2C(=O)OC(=O)C2CC(C)COC(=O)C2C[Si](C)(C)O[Si](C)(C)C2)C(=O)OC(C)(C)C)(O4)O1. The first kappa shape index (κ1) is 62.8. The molecule has 8 saturated heterocycles. The summed E-state index contributed by atoms with van der Waals surface area (Å²) in [5.41, 5.74) is -4.04. The summed E-state index contributed by atoms with van der Waals surface area (Å²) >= 11 is 0. The van der Waals surface area contributed by atoms with Crippen molar-refractivity contribution in [1.29, 1.82) is 0 Å². The van der Waals surface area contributed by atoms with Crippen LogP contribution in [-0.4, -0.2) is 135 Å². The van der Waals surface area contributed by atoms with Gasteiger partial charge in [-0.1, -0.05) is 55.4 Å². The molecule has 0 spiro atoms. The Balaban J connectivity index is 1.18. The van der Waals surface area contributed by atoms with Crippen LogP contribution in [0, 0.1) is 34.5 Å².